The van der Waals surface area contributed by atoms with Gasteiger partial charge in [0.05, 0.1) is 0 Å². The maximum absolute atomic E-state index is 12.9. The third-order valence-corrected chi connectivity index (χ3v) is 2.64. The van der Waals surface area contributed by atoms with E-state index >= 15 is 0 Å². The lowest BCUT2D eigenvalue weighted by molar-refractivity contribution is 0.112. The van der Waals surface area contributed by atoms with Crippen molar-refractivity contribution in [3.8, 4) is 11.4 Å². The second kappa shape index (κ2) is 4.03. The molecule has 18 heavy (non-hydrogen) atoms. The van der Waals surface area contributed by atoms with Crippen molar-refractivity contribution in [1.29, 1.82) is 0 Å². The Morgan fingerprint density at radius 3 is 2.72 bits per heavy atom. The fourth-order valence-corrected chi connectivity index (χ4v) is 1.83. The summed E-state index contributed by atoms with van der Waals surface area (Å²) >= 11 is 0. The van der Waals surface area contributed by atoms with Crippen molar-refractivity contribution < 1.29 is 9.18 Å². The molecule has 2 heterocycles. The summed E-state index contributed by atoms with van der Waals surface area (Å²) in [5, 5.41) is 0. The van der Waals surface area contributed by atoms with E-state index in [9.17, 15) is 9.18 Å². The van der Waals surface area contributed by atoms with E-state index in [1.54, 1.807) is 35.0 Å². The first kappa shape index (κ1) is 10.6. The number of fused-ring (bicyclic) bond motifs is 1. The summed E-state index contributed by atoms with van der Waals surface area (Å²) in [5.41, 5.74) is 1.49. The summed E-state index contributed by atoms with van der Waals surface area (Å²) in [4.78, 5) is 19.3. The molecule has 4 nitrogen and oxygen atoms in total. The van der Waals surface area contributed by atoms with Gasteiger partial charge in [-0.25, -0.2) is 14.4 Å². The Morgan fingerprint density at radius 1 is 1.22 bits per heavy atom. The minimum absolute atomic E-state index is 0.273. The molecule has 0 saturated heterocycles. The number of carbonyl (C=O) groups excluding carboxylic acids is 1. The smallest absolute Gasteiger partial charge is 0.172 e. The van der Waals surface area contributed by atoms with Crippen LogP contribution >= 0.6 is 0 Å². The van der Waals surface area contributed by atoms with Gasteiger partial charge in [0.1, 0.15) is 17.3 Å². The highest BCUT2D eigenvalue weighted by Gasteiger charge is 2.12. The zero-order valence-electron chi connectivity index (χ0n) is 9.25. The molecule has 0 fully saturated rings. The van der Waals surface area contributed by atoms with Crippen LogP contribution in [0.4, 0.5) is 4.39 Å². The monoisotopic (exact) mass is 241 g/mol. The van der Waals surface area contributed by atoms with E-state index in [0.717, 1.165) is 5.56 Å². The zero-order valence-corrected chi connectivity index (χ0v) is 9.25. The topological polar surface area (TPSA) is 47.3 Å². The molecule has 0 atom stereocenters. The van der Waals surface area contributed by atoms with E-state index in [2.05, 4.69) is 9.97 Å². The molecule has 0 saturated carbocycles. The normalized spacial score (nSPS) is 10.7. The van der Waals surface area contributed by atoms with Gasteiger partial charge in [-0.05, 0) is 30.3 Å². The second-order valence-corrected chi connectivity index (χ2v) is 3.76. The highest BCUT2D eigenvalue weighted by atomic mass is 19.1. The molecule has 0 aliphatic carbocycles. The van der Waals surface area contributed by atoms with Gasteiger partial charge in [-0.2, -0.15) is 0 Å². The molecule has 3 rings (SSSR count). The lowest BCUT2D eigenvalue weighted by Gasteiger charge is -2.00. The third-order valence-electron chi connectivity index (χ3n) is 2.64. The van der Waals surface area contributed by atoms with Gasteiger partial charge in [-0.3, -0.25) is 9.20 Å². The van der Waals surface area contributed by atoms with Crippen LogP contribution in [0.3, 0.4) is 0 Å². The Kier molecular flexibility index (Phi) is 2.37. The van der Waals surface area contributed by atoms with Crippen LogP contribution in [-0.2, 0) is 0 Å². The van der Waals surface area contributed by atoms with E-state index in [4.69, 9.17) is 0 Å². The molecule has 0 unspecified atom stereocenters. The van der Waals surface area contributed by atoms with Crippen LogP contribution in [0.15, 0.2) is 42.7 Å². The van der Waals surface area contributed by atoms with Crippen molar-refractivity contribution in [3.05, 3.63) is 54.2 Å². The number of imidazole rings is 1. The van der Waals surface area contributed by atoms with E-state index < -0.39 is 0 Å². The molecule has 5 heteroatoms. The van der Waals surface area contributed by atoms with Gasteiger partial charge in [-0.15, -0.1) is 0 Å². The molecule has 0 aliphatic heterocycles. The van der Waals surface area contributed by atoms with Crippen molar-refractivity contribution >= 4 is 11.9 Å². The Balaban J connectivity index is 2.29. The molecule has 0 radical (unpaired) electrons. The number of hydrogen-bond donors (Lipinski definition) is 0. The van der Waals surface area contributed by atoms with Gasteiger partial charge in [0.15, 0.2) is 11.9 Å². The first-order valence-corrected chi connectivity index (χ1v) is 5.34. The predicted molar refractivity (Wildman–Crippen MR) is 63.8 cm³/mol. The van der Waals surface area contributed by atoms with Crippen molar-refractivity contribution in [1.82, 2.24) is 14.4 Å². The minimum atomic E-state index is -0.312. The van der Waals surface area contributed by atoms with Gasteiger partial charge in [-0.1, -0.05) is 0 Å². The van der Waals surface area contributed by atoms with Crippen LogP contribution in [0.25, 0.3) is 17.0 Å². The molecule has 2 aromatic heterocycles. The fraction of sp³-hybridized carbons (Fsp3) is 0. The summed E-state index contributed by atoms with van der Waals surface area (Å²) in [6.07, 6.45) is 4.02. The Morgan fingerprint density at radius 2 is 2.00 bits per heavy atom. The Bertz CT molecular complexity index is 719. The van der Waals surface area contributed by atoms with Gasteiger partial charge in [0.2, 0.25) is 0 Å². The van der Waals surface area contributed by atoms with E-state index in [0.29, 0.717) is 17.8 Å². The van der Waals surface area contributed by atoms with E-state index in [1.807, 2.05) is 0 Å². The minimum Gasteiger partial charge on any atom is -0.296 e. The van der Waals surface area contributed by atoms with Crippen LogP contribution in [0, 0.1) is 5.82 Å². The molecule has 3 aromatic rings. The largest absolute Gasteiger partial charge is 0.296 e. The standard InChI is InChI=1S/C13H8FN3O/c14-10-4-2-9(3-5-10)12-16-11(8-18)13-15-6-1-7-17(12)13/h1-8H. The third kappa shape index (κ3) is 1.57. The summed E-state index contributed by atoms with van der Waals surface area (Å²) in [6.45, 7) is 0. The van der Waals surface area contributed by atoms with Crippen LogP contribution in [-0.4, -0.2) is 20.7 Å². The molecule has 88 valence electrons. The van der Waals surface area contributed by atoms with Crippen LogP contribution in [0.2, 0.25) is 0 Å². The van der Waals surface area contributed by atoms with Crippen molar-refractivity contribution in [2.75, 3.05) is 0 Å². The Hall–Kier alpha value is -2.56. The summed E-state index contributed by atoms with van der Waals surface area (Å²) in [5.74, 6) is 0.258. The number of carbonyl (C=O) groups is 1. The van der Waals surface area contributed by atoms with E-state index in [-0.39, 0.29) is 11.5 Å². The highest BCUT2D eigenvalue weighted by Crippen LogP contribution is 2.21. The average Bonchev–Trinajstić information content (AvgIpc) is 2.79. The number of rotatable bonds is 2. The van der Waals surface area contributed by atoms with Crippen molar-refractivity contribution in [2.24, 2.45) is 0 Å². The molecule has 0 aliphatic rings. The summed E-state index contributed by atoms with van der Waals surface area (Å²) in [7, 11) is 0. The van der Waals surface area contributed by atoms with Crippen LogP contribution in [0.1, 0.15) is 10.5 Å². The fourth-order valence-electron chi connectivity index (χ4n) is 1.83. The first-order chi connectivity index (χ1) is 8.79. The van der Waals surface area contributed by atoms with Gasteiger partial charge in [0, 0.05) is 18.0 Å². The number of aldehydes is 1. The molecular weight excluding hydrogens is 233 g/mol. The second-order valence-electron chi connectivity index (χ2n) is 3.76. The maximum atomic E-state index is 12.9. The summed E-state index contributed by atoms with van der Waals surface area (Å²) in [6, 6.07) is 7.69. The molecule has 0 amide bonds. The quantitative estimate of drug-likeness (QED) is 0.647. The lowest BCUT2D eigenvalue weighted by Crippen LogP contribution is -1.90. The molecule has 0 N–H and O–H groups in total. The number of benzene rings is 1. The van der Waals surface area contributed by atoms with Gasteiger partial charge < -0.3 is 0 Å². The van der Waals surface area contributed by atoms with Crippen molar-refractivity contribution in [2.45, 2.75) is 0 Å². The van der Waals surface area contributed by atoms with Gasteiger partial charge in [0.25, 0.3) is 0 Å². The average molecular weight is 241 g/mol. The predicted octanol–water partition coefficient (Wildman–Crippen LogP) is 2.35. The van der Waals surface area contributed by atoms with E-state index in [1.165, 1.54) is 12.1 Å². The molecular formula is C13H8FN3O. The summed E-state index contributed by atoms with van der Waals surface area (Å²) < 4.78 is 14.6. The van der Waals surface area contributed by atoms with Crippen LogP contribution in [0.5, 0.6) is 0 Å². The maximum Gasteiger partial charge on any atom is 0.172 e. The van der Waals surface area contributed by atoms with Gasteiger partial charge >= 0.3 is 0 Å². The molecule has 0 spiro atoms. The zero-order chi connectivity index (χ0) is 12.5. The lowest BCUT2D eigenvalue weighted by atomic mass is 10.2. The number of aromatic nitrogens is 3. The van der Waals surface area contributed by atoms with Crippen LogP contribution < -0.4 is 0 Å². The number of hydrogen-bond acceptors (Lipinski definition) is 3. The SMILES string of the molecule is O=Cc1nc(-c2ccc(F)cc2)n2cccnc12. The molecule has 1 aromatic carbocycles. The Labute approximate surface area is 102 Å². The molecule has 0 bridgehead atoms. The van der Waals surface area contributed by atoms with Crippen molar-refractivity contribution in [3.63, 3.8) is 0 Å². The first-order valence-electron chi connectivity index (χ1n) is 5.34. The number of nitrogens with zero attached hydrogens (tertiary/aromatic N) is 3. The highest BCUT2D eigenvalue weighted by molar-refractivity contribution is 5.83. The number of halogens is 1.